The molecule has 1 saturated carbocycles. The number of likely N-dealkylation sites (tertiary alicyclic amines) is 1. The fourth-order valence-corrected chi connectivity index (χ4v) is 4.35. The molecule has 0 aromatic carbocycles. The lowest BCUT2D eigenvalue weighted by Crippen LogP contribution is -2.50. The van der Waals surface area contributed by atoms with Crippen LogP contribution in [-0.2, 0) is 0 Å². The van der Waals surface area contributed by atoms with E-state index in [4.69, 9.17) is 0 Å². The van der Waals surface area contributed by atoms with Crippen LogP contribution < -0.4 is 5.32 Å². The Kier molecular flexibility index (Phi) is 3.20. The van der Waals surface area contributed by atoms with E-state index in [2.05, 4.69) is 17.1 Å². The quantitative estimate of drug-likeness (QED) is 0.753. The molecule has 0 radical (unpaired) electrons. The van der Waals surface area contributed by atoms with Crippen molar-refractivity contribution in [2.75, 3.05) is 26.2 Å². The van der Waals surface area contributed by atoms with E-state index in [1.54, 1.807) is 0 Å². The van der Waals surface area contributed by atoms with Crippen molar-refractivity contribution in [2.24, 2.45) is 5.41 Å². The molecular formula is C15H28N2. The van der Waals surface area contributed by atoms with Crippen LogP contribution in [0.25, 0.3) is 0 Å². The van der Waals surface area contributed by atoms with Gasteiger partial charge in [0, 0.05) is 5.54 Å². The molecule has 2 heterocycles. The van der Waals surface area contributed by atoms with E-state index in [-0.39, 0.29) is 0 Å². The molecule has 3 fully saturated rings. The molecular weight excluding hydrogens is 208 g/mol. The smallest absolute Gasteiger partial charge is 0.0181 e. The maximum Gasteiger partial charge on any atom is 0.0181 e. The summed E-state index contributed by atoms with van der Waals surface area (Å²) >= 11 is 0. The Bertz CT molecular complexity index is 252. The third-order valence-electron chi connectivity index (χ3n) is 5.92. The fourth-order valence-electron chi connectivity index (χ4n) is 4.35. The van der Waals surface area contributed by atoms with Crippen LogP contribution in [0.15, 0.2) is 0 Å². The summed E-state index contributed by atoms with van der Waals surface area (Å²) in [4.78, 5) is 2.79. The number of piperidine rings is 1. The second kappa shape index (κ2) is 4.55. The van der Waals surface area contributed by atoms with Gasteiger partial charge >= 0.3 is 0 Å². The van der Waals surface area contributed by atoms with Crippen LogP contribution in [0.5, 0.6) is 0 Å². The van der Waals surface area contributed by atoms with Crippen LogP contribution in [0.3, 0.4) is 0 Å². The number of hydrogen-bond donors (Lipinski definition) is 1. The highest BCUT2D eigenvalue weighted by Crippen LogP contribution is 2.48. The monoisotopic (exact) mass is 236 g/mol. The molecule has 1 spiro atoms. The zero-order chi connectivity index (χ0) is 11.8. The summed E-state index contributed by atoms with van der Waals surface area (Å²) in [7, 11) is 0. The van der Waals surface area contributed by atoms with Gasteiger partial charge in [-0.15, -0.1) is 0 Å². The topological polar surface area (TPSA) is 15.3 Å². The largest absolute Gasteiger partial charge is 0.317 e. The fraction of sp³-hybridized carbons (Fsp3) is 1.00. The van der Waals surface area contributed by atoms with Crippen molar-refractivity contribution in [1.82, 2.24) is 10.2 Å². The van der Waals surface area contributed by atoms with E-state index in [1.165, 1.54) is 77.5 Å². The second-order valence-electron chi connectivity index (χ2n) is 6.94. The minimum absolute atomic E-state index is 0.548. The first-order valence-corrected chi connectivity index (χ1v) is 7.68. The first-order valence-electron chi connectivity index (χ1n) is 7.68. The highest BCUT2D eigenvalue weighted by Gasteiger charge is 2.43. The Morgan fingerprint density at radius 1 is 0.824 bits per heavy atom. The summed E-state index contributed by atoms with van der Waals surface area (Å²) in [5, 5.41) is 3.52. The molecule has 0 unspecified atom stereocenters. The summed E-state index contributed by atoms with van der Waals surface area (Å²) in [6.07, 6.45) is 11.6. The minimum atomic E-state index is 0.548. The average molecular weight is 236 g/mol. The molecule has 0 bridgehead atoms. The number of hydrogen-bond acceptors (Lipinski definition) is 2. The Morgan fingerprint density at radius 2 is 1.41 bits per heavy atom. The molecule has 17 heavy (non-hydrogen) atoms. The van der Waals surface area contributed by atoms with Crippen molar-refractivity contribution in [1.29, 1.82) is 0 Å². The van der Waals surface area contributed by atoms with Gasteiger partial charge in [-0.3, -0.25) is 4.90 Å². The molecule has 0 aromatic rings. The Hall–Kier alpha value is -0.0800. The Balaban J connectivity index is 1.62. The maximum absolute atomic E-state index is 3.52. The predicted octanol–water partition coefficient (Wildman–Crippen LogP) is 2.78. The second-order valence-corrected chi connectivity index (χ2v) is 6.94. The zero-order valence-electron chi connectivity index (χ0n) is 11.4. The lowest BCUT2D eigenvalue weighted by Gasteiger charge is -2.50. The van der Waals surface area contributed by atoms with Gasteiger partial charge in [0.05, 0.1) is 0 Å². The highest BCUT2D eigenvalue weighted by molar-refractivity contribution is 4.99. The van der Waals surface area contributed by atoms with E-state index >= 15 is 0 Å². The summed E-state index contributed by atoms with van der Waals surface area (Å²) in [6, 6.07) is 0. The van der Waals surface area contributed by atoms with Crippen molar-refractivity contribution in [3.63, 3.8) is 0 Å². The van der Waals surface area contributed by atoms with Crippen LogP contribution in [0, 0.1) is 5.41 Å². The molecule has 1 N–H and O–H groups in total. The Labute approximate surface area is 106 Å². The molecule has 1 aliphatic carbocycles. The average Bonchev–Trinajstić information content (AvgIpc) is 2.89. The maximum atomic E-state index is 3.52. The first-order chi connectivity index (χ1) is 8.23. The van der Waals surface area contributed by atoms with Gasteiger partial charge in [-0.2, -0.15) is 0 Å². The van der Waals surface area contributed by atoms with Gasteiger partial charge in [-0.25, -0.2) is 0 Å². The van der Waals surface area contributed by atoms with E-state index < -0.39 is 0 Å². The van der Waals surface area contributed by atoms with Gasteiger partial charge < -0.3 is 5.32 Å². The predicted molar refractivity (Wildman–Crippen MR) is 72.2 cm³/mol. The van der Waals surface area contributed by atoms with Crippen molar-refractivity contribution >= 4 is 0 Å². The van der Waals surface area contributed by atoms with Gasteiger partial charge in [0.15, 0.2) is 0 Å². The lowest BCUT2D eigenvalue weighted by atomic mass is 9.63. The van der Waals surface area contributed by atoms with Crippen LogP contribution in [0.2, 0.25) is 0 Å². The number of rotatable bonds is 1. The molecule has 3 rings (SSSR count). The van der Waals surface area contributed by atoms with Crippen LogP contribution >= 0.6 is 0 Å². The number of nitrogens with zero attached hydrogens (tertiary/aromatic N) is 1. The van der Waals surface area contributed by atoms with Crippen molar-refractivity contribution in [3.05, 3.63) is 0 Å². The molecule has 0 aromatic heterocycles. The third kappa shape index (κ3) is 2.26. The SMILES string of the molecule is CC1(N2CCCC2)CCC2(CCNCC2)CC1. The van der Waals surface area contributed by atoms with Gasteiger partial charge in [0.2, 0.25) is 0 Å². The highest BCUT2D eigenvalue weighted by atomic mass is 15.2. The molecule has 2 aliphatic heterocycles. The van der Waals surface area contributed by atoms with Crippen LogP contribution in [0.1, 0.15) is 58.3 Å². The van der Waals surface area contributed by atoms with Gasteiger partial charge in [0.1, 0.15) is 0 Å². The summed E-state index contributed by atoms with van der Waals surface area (Å²) in [5.41, 5.74) is 1.27. The summed E-state index contributed by atoms with van der Waals surface area (Å²) in [6.45, 7) is 7.79. The van der Waals surface area contributed by atoms with Crippen molar-refractivity contribution in [2.45, 2.75) is 63.8 Å². The summed E-state index contributed by atoms with van der Waals surface area (Å²) < 4.78 is 0. The Morgan fingerprint density at radius 3 is 2.00 bits per heavy atom. The van der Waals surface area contributed by atoms with Crippen molar-refractivity contribution < 1.29 is 0 Å². The van der Waals surface area contributed by atoms with Gasteiger partial charge in [-0.05, 0) is 89.9 Å². The molecule has 2 heteroatoms. The summed E-state index contributed by atoms with van der Waals surface area (Å²) in [5.74, 6) is 0. The van der Waals surface area contributed by atoms with Crippen LogP contribution in [0.4, 0.5) is 0 Å². The molecule has 3 aliphatic rings. The first kappa shape index (κ1) is 12.0. The molecule has 0 amide bonds. The van der Waals surface area contributed by atoms with E-state index in [1.807, 2.05) is 0 Å². The molecule has 0 atom stereocenters. The van der Waals surface area contributed by atoms with Crippen LogP contribution in [-0.4, -0.2) is 36.6 Å². The lowest BCUT2D eigenvalue weighted by molar-refractivity contribution is 0.0191. The van der Waals surface area contributed by atoms with E-state index in [0.29, 0.717) is 5.54 Å². The number of nitrogens with one attached hydrogen (secondary N) is 1. The molecule has 98 valence electrons. The van der Waals surface area contributed by atoms with Crippen molar-refractivity contribution in [3.8, 4) is 0 Å². The molecule has 2 nitrogen and oxygen atoms in total. The zero-order valence-corrected chi connectivity index (χ0v) is 11.4. The van der Waals surface area contributed by atoms with Gasteiger partial charge in [0.25, 0.3) is 0 Å². The normalized spacial score (nSPS) is 33.0. The third-order valence-corrected chi connectivity index (χ3v) is 5.92. The molecule has 2 saturated heterocycles. The standard InChI is InChI=1S/C15H28N2/c1-14(17-12-2-3-13-17)4-6-15(7-5-14)8-10-16-11-9-15/h16H,2-13H2,1H3. The minimum Gasteiger partial charge on any atom is -0.317 e. The van der Waals surface area contributed by atoms with Gasteiger partial charge in [-0.1, -0.05) is 0 Å². The van der Waals surface area contributed by atoms with E-state index in [0.717, 1.165) is 5.41 Å². The van der Waals surface area contributed by atoms with E-state index in [9.17, 15) is 0 Å².